The van der Waals surface area contributed by atoms with Gasteiger partial charge in [-0.25, -0.2) is 0 Å². The van der Waals surface area contributed by atoms with Crippen molar-refractivity contribution in [3.63, 3.8) is 0 Å². The Kier molecular flexibility index (Phi) is 6.25. The van der Waals surface area contributed by atoms with Crippen LogP contribution in [0.2, 0.25) is 0 Å². The van der Waals surface area contributed by atoms with Crippen LogP contribution < -0.4 is 10.2 Å². The maximum absolute atomic E-state index is 13.0. The predicted octanol–water partition coefficient (Wildman–Crippen LogP) is 4.87. The van der Waals surface area contributed by atoms with Crippen molar-refractivity contribution in [2.24, 2.45) is 0 Å². The van der Waals surface area contributed by atoms with Gasteiger partial charge < -0.3 is 10.2 Å². The molecule has 0 saturated carbocycles. The molecule has 0 atom stereocenters. The number of para-hydroxylation sites is 1. The van der Waals surface area contributed by atoms with Crippen LogP contribution in [0.4, 0.5) is 5.69 Å². The molecule has 1 fully saturated rings. The van der Waals surface area contributed by atoms with Gasteiger partial charge in [-0.2, -0.15) is 0 Å². The fourth-order valence-corrected chi connectivity index (χ4v) is 4.07. The Morgan fingerprint density at radius 2 is 1.41 bits per heavy atom. The Labute approximate surface area is 173 Å². The van der Waals surface area contributed by atoms with Crippen molar-refractivity contribution in [2.75, 3.05) is 18.0 Å². The summed E-state index contributed by atoms with van der Waals surface area (Å²) in [5.74, 6) is 0.0619. The standard InChI is InChI=1S/C26H28N2O/c29-26(27-23-17-19-28(20-18-23)24-12-5-2-6-13-24)25-14-8-7-11-22(25)16-15-21-9-3-1-4-10-21/h1-14,23H,15-20H2,(H,27,29). The summed E-state index contributed by atoms with van der Waals surface area (Å²) in [5, 5.41) is 3.28. The average molecular weight is 385 g/mol. The summed E-state index contributed by atoms with van der Waals surface area (Å²) in [6.45, 7) is 1.95. The molecule has 3 aromatic rings. The second-order valence-corrected chi connectivity index (χ2v) is 7.71. The van der Waals surface area contributed by atoms with Crippen LogP contribution in [0.15, 0.2) is 84.9 Å². The molecule has 4 rings (SSSR count). The number of carbonyl (C=O) groups excluding carboxylic acids is 1. The van der Waals surface area contributed by atoms with Gasteiger partial charge in [0, 0.05) is 30.4 Å². The van der Waals surface area contributed by atoms with Gasteiger partial charge >= 0.3 is 0 Å². The number of aryl methyl sites for hydroxylation is 2. The van der Waals surface area contributed by atoms with Crippen LogP contribution in [-0.4, -0.2) is 25.0 Å². The normalized spacial score (nSPS) is 14.6. The zero-order valence-electron chi connectivity index (χ0n) is 16.8. The molecule has 0 aromatic heterocycles. The average Bonchev–Trinajstić information content (AvgIpc) is 2.80. The van der Waals surface area contributed by atoms with Crippen LogP contribution in [0.1, 0.15) is 34.3 Å². The first-order chi connectivity index (χ1) is 14.3. The van der Waals surface area contributed by atoms with E-state index in [1.807, 2.05) is 30.3 Å². The SMILES string of the molecule is O=C(NC1CCN(c2ccccc2)CC1)c1ccccc1CCc1ccccc1. The molecule has 0 bridgehead atoms. The summed E-state index contributed by atoms with van der Waals surface area (Å²) in [5.41, 5.74) is 4.50. The maximum atomic E-state index is 13.0. The summed E-state index contributed by atoms with van der Waals surface area (Å²) in [6, 6.07) is 29.2. The fourth-order valence-electron chi connectivity index (χ4n) is 4.07. The molecule has 0 aliphatic carbocycles. The van der Waals surface area contributed by atoms with Crippen molar-refractivity contribution >= 4 is 11.6 Å². The lowest BCUT2D eigenvalue weighted by molar-refractivity contribution is 0.0930. The summed E-state index contributed by atoms with van der Waals surface area (Å²) < 4.78 is 0. The highest BCUT2D eigenvalue weighted by Gasteiger charge is 2.22. The molecule has 1 aliphatic rings. The van der Waals surface area contributed by atoms with E-state index < -0.39 is 0 Å². The number of nitrogens with zero attached hydrogens (tertiary/aromatic N) is 1. The molecule has 3 nitrogen and oxygen atoms in total. The molecular formula is C26H28N2O. The molecule has 29 heavy (non-hydrogen) atoms. The number of benzene rings is 3. The Bertz CT molecular complexity index is 916. The van der Waals surface area contributed by atoms with E-state index in [-0.39, 0.29) is 11.9 Å². The Morgan fingerprint density at radius 1 is 0.793 bits per heavy atom. The number of amides is 1. The van der Waals surface area contributed by atoms with Gasteiger partial charge in [0.15, 0.2) is 0 Å². The van der Waals surface area contributed by atoms with E-state index in [1.165, 1.54) is 11.3 Å². The molecule has 3 heteroatoms. The van der Waals surface area contributed by atoms with Crippen LogP contribution in [0, 0.1) is 0 Å². The number of hydrogen-bond acceptors (Lipinski definition) is 2. The lowest BCUT2D eigenvalue weighted by Gasteiger charge is -2.34. The van der Waals surface area contributed by atoms with E-state index in [0.29, 0.717) is 0 Å². The zero-order chi connectivity index (χ0) is 19.9. The van der Waals surface area contributed by atoms with E-state index in [9.17, 15) is 4.79 Å². The van der Waals surface area contributed by atoms with Crippen LogP contribution in [0.25, 0.3) is 0 Å². The highest BCUT2D eigenvalue weighted by atomic mass is 16.1. The Morgan fingerprint density at radius 3 is 2.14 bits per heavy atom. The van der Waals surface area contributed by atoms with Gasteiger partial charge in [0.05, 0.1) is 0 Å². The van der Waals surface area contributed by atoms with Gasteiger partial charge in [-0.05, 0) is 55.0 Å². The molecule has 0 radical (unpaired) electrons. The molecule has 1 amide bonds. The maximum Gasteiger partial charge on any atom is 0.251 e. The van der Waals surface area contributed by atoms with E-state index in [4.69, 9.17) is 0 Å². The van der Waals surface area contributed by atoms with Crippen molar-refractivity contribution in [3.05, 3.63) is 102 Å². The first kappa shape index (κ1) is 19.3. The molecule has 1 saturated heterocycles. The van der Waals surface area contributed by atoms with Gasteiger partial charge in [-0.15, -0.1) is 0 Å². The van der Waals surface area contributed by atoms with Crippen molar-refractivity contribution in [3.8, 4) is 0 Å². The highest BCUT2D eigenvalue weighted by Crippen LogP contribution is 2.20. The van der Waals surface area contributed by atoms with Gasteiger partial charge in [0.2, 0.25) is 0 Å². The molecule has 1 aliphatic heterocycles. The summed E-state index contributed by atoms with van der Waals surface area (Å²) in [4.78, 5) is 15.4. The predicted molar refractivity (Wildman–Crippen MR) is 119 cm³/mol. The largest absolute Gasteiger partial charge is 0.371 e. The smallest absolute Gasteiger partial charge is 0.251 e. The monoisotopic (exact) mass is 384 g/mol. The third-order valence-corrected chi connectivity index (χ3v) is 5.74. The molecule has 1 N–H and O–H groups in total. The number of piperidine rings is 1. The third-order valence-electron chi connectivity index (χ3n) is 5.74. The highest BCUT2D eigenvalue weighted by molar-refractivity contribution is 5.95. The molecule has 0 spiro atoms. The van der Waals surface area contributed by atoms with Crippen LogP contribution in [-0.2, 0) is 12.8 Å². The third kappa shape index (κ3) is 5.05. The number of rotatable bonds is 6. The molecule has 3 aromatic carbocycles. The van der Waals surface area contributed by atoms with Crippen LogP contribution >= 0.6 is 0 Å². The van der Waals surface area contributed by atoms with Crippen molar-refractivity contribution in [1.29, 1.82) is 0 Å². The second-order valence-electron chi connectivity index (χ2n) is 7.71. The first-order valence-corrected chi connectivity index (χ1v) is 10.5. The number of nitrogens with one attached hydrogen (secondary N) is 1. The summed E-state index contributed by atoms with van der Waals surface area (Å²) in [7, 11) is 0. The Balaban J connectivity index is 1.34. The lowest BCUT2D eigenvalue weighted by atomic mass is 9.98. The van der Waals surface area contributed by atoms with Gasteiger partial charge in [0.1, 0.15) is 0 Å². The molecule has 1 heterocycles. The minimum absolute atomic E-state index is 0.0619. The second kappa shape index (κ2) is 9.42. The minimum atomic E-state index is 0.0619. The van der Waals surface area contributed by atoms with Gasteiger partial charge in [-0.3, -0.25) is 4.79 Å². The number of anilines is 1. The van der Waals surface area contributed by atoms with Crippen molar-refractivity contribution in [1.82, 2.24) is 5.32 Å². The minimum Gasteiger partial charge on any atom is -0.371 e. The van der Waals surface area contributed by atoms with E-state index in [2.05, 4.69) is 64.8 Å². The molecular weight excluding hydrogens is 356 g/mol. The first-order valence-electron chi connectivity index (χ1n) is 10.5. The Hall–Kier alpha value is -3.07. The lowest BCUT2D eigenvalue weighted by Crippen LogP contribution is -2.44. The van der Waals surface area contributed by atoms with E-state index in [1.54, 1.807) is 0 Å². The van der Waals surface area contributed by atoms with E-state index >= 15 is 0 Å². The van der Waals surface area contributed by atoms with Crippen LogP contribution in [0.3, 0.4) is 0 Å². The number of hydrogen-bond donors (Lipinski definition) is 1. The van der Waals surface area contributed by atoms with Crippen molar-refractivity contribution < 1.29 is 4.79 Å². The summed E-state index contributed by atoms with van der Waals surface area (Å²) >= 11 is 0. The number of carbonyl (C=O) groups is 1. The molecule has 148 valence electrons. The van der Waals surface area contributed by atoms with Crippen molar-refractivity contribution in [2.45, 2.75) is 31.7 Å². The topological polar surface area (TPSA) is 32.3 Å². The molecule has 0 unspecified atom stereocenters. The van der Waals surface area contributed by atoms with E-state index in [0.717, 1.165) is 49.9 Å². The van der Waals surface area contributed by atoms with Gasteiger partial charge in [-0.1, -0.05) is 66.7 Å². The summed E-state index contributed by atoms with van der Waals surface area (Å²) in [6.07, 6.45) is 3.78. The zero-order valence-corrected chi connectivity index (χ0v) is 16.8. The van der Waals surface area contributed by atoms with Gasteiger partial charge in [0.25, 0.3) is 5.91 Å². The van der Waals surface area contributed by atoms with Crippen LogP contribution in [0.5, 0.6) is 0 Å². The fraction of sp³-hybridized carbons (Fsp3) is 0.269. The quantitative estimate of drug-likeness (QED) is 0.657.